The largest absolute Gasteiger partial charge is 0.395 e. The van der Waals surface area contributed by atoms with Crippen LogP contribution in [0.5, 0.6) is 0 Å². The third-order valence-electron chi connectivity index (χ3n) is 3.81. The summed E-state index contributed by atoms with van der Waals surface area (Å²) in [6.07, 6.45) is 0.890. The van der Waals surface area contributed by atoms with E-state index in [-0.39, 0.29) is 18.4 Å². The fourth-order valence-corrected chi connectivity index (χ4v) is 2.56. The summed E-state index contributed by atoms with van der Waals surface area (Å²) in [7, 11) is 0. The lowest BCUT2D eigenvalue weighted by atomic mass is 10.1. The molecule has 0 saturated carbocycles. The van der Waals surface area contributed by atoms with Crippen molar-refractivity contribution >= 4 is 17.5 Å². The average Bonchev–Trinajstić information content (AvgIpc) is 2.73. The molecule has 6 nitrogen and oxygen atoms in total. The maximum absolute atomic E-state index is 12.3. The Bertz CT molecular complexity index is 533. The zero-order valence-electron chi connectivity index (χ0n) is 12.9. The van der Waals surface area contributed by atoms with Crippen LogP contribution in [0, 0.1) is 0 Å². The van der Waals surface area contributed by atoms with E-state index < -0.39 is 0 Å². The van der Waals surface area contributed by atoms with E-state index in [0.29, 0.717) is 30.9 Å². The summed E-state index contributed by atoms with van der Waals surface area (Å²) in [4.78, 5) is 27.6. The number of carbonyl (C=O) groups is 2. The van der Waals surface area contributed by atoms with Crippen LogP contribution < -0.4 is 5.32 Å². The summed E-state index contributed by atoms with van der Waals surface area (Å²) in [6, 6.07) is 6.82. The Morgan fingerprint density at radius 1 is 1.23 bits per heavy atom. The summed E-state index contributed by atoms with van der Waals surface area (Å²) in [6.45, 7) is 5.29. The Morgan fingerprint density at radius 3 is 2.77 bits per heavy atom. The van der Waals surface area contributed by atoms with Gasteiger partial charge in [-0.25, -0.2) is 4.79 Å². The summed E-state index contributed by atoms with van der Waals surface area (Å²) >= 11 is 0. The molecule has 1 saturated heterocycles. The third kappa shape index (κ3) is 4.54. The predicted octanol–water partition coefficient (Wildman–Crippen LogP) is 1.42. The Morgan fingerprint density at radius 2 is 2.05 bits per heavy atom. The SMILES string of the molecule is CC(=O)c1cccc(NC(=O)N2CCCN(CCO)CC2)c1. The molecule has 0 unspecified atom stereocenters. The van der Waals surface area contributed by atoms with Crippen molar-refractivity contribution in [2.45, 2.75) is 13.3 Å². The predicted molar refractivity (Wildman–Crippen MR) is 85.2 cm³/mol. The Balaban J connectivity index is 1.94. The molecule has 0 spiro atoms. The maximum atomic E-state index is 12.3. The van der Waals surface area contributed by atoms with Crippen LogP contribution in [-0.4, -0.2) is 66.1 Å². The first kappa shape index (κ1) is 16.5. The maximum Gasteiger partial charge on any atom is 0.321 e. The van der Waals surface area contributed by atoms with Gasteiger partial charge in [-0.15, -0.1) is 0 Å². The fraction of sp³-hybridized carbons (Fsp3) is 0.500. The van der Waals surface area contributed by atoms with Crippen molar-refractivity contribution in [3.05, 3.63) is 29.8 Å². The number of carbonyl (C=O) groups excluding carboxylic acids is 2. The van der Waals surface area contributed by atoms with Crippen molar-refractivity contribution in [3.63, 3.8) is 0 Å². The molecule has 1 fully saturated rings. The normalized spacial score (nSPS) is 16.2. The van der Waals surface area contributed by atoms with E-state index in [9.17, 15) is 9.59 Å². The van der Waals surface area contributed by atoms with Crippen molar-refractivity contribution in [1.29, 1.82) is 0 Å². The van der Waals surface area contributed by atoms with Crippen molar-refractivity contribution in [1.82, 2.24) is 9.80 Å². The summed E-state index contributed by atoms with van der Waals surface area (Å²) in [5.41, 5.74) is 1.22. The minimum absolute atomic E-state index is 0.0227. The van der Waals surface area contributed by atoms with E-state index in [1.54, 1.807) is 29.2 Å². The molecule has 2 N–H and O–H groups in total. The molecule has 1 aromatic rings. The highest BCUT2D eigenvalue weighted by Gasteiger charge is 2.18. The topological polar surface area (TPSA) is 72.9 Å². The van der Waals surface area contributed by atoms with Gasteiger partial charge in [0.05, 0.1) is 6.61 Å². The van der Waals surface area contributed by atoms with Gasteiger partial charge in [0.1, 0.15) is 0 Å². The van der Waals surface area contributed by atoms with Gasteiger partial charge in [-0.1, -0.05) is 12.1 Å². The molecule has 0 aromatic heterocycles. The molecule has 0 bridgehead atoms. The first-order valence-electron chi connectivity index (χ1n) is 7.60. The van der Waals surface area contributed by atoms with E-state index in [1.165, 1.54) is 6.92 Å². The molecule has 22 heavy (non-hydrogen) atoms. The number of nitrogens with zero attached hydrogens (tertiary/aromatic N) is 2. The molecule has 120 valence electrons. The lowest BCUT2D eigenvalue weighted by Crippen LogP contribution is -2.38. The number of rotatable bonds is 4. The van der Waals surface area contributed by atoms with Crippen LogP contribution in [0.3, 0.4) is 0 Å². The van der Waals surface area contributed by atoms with Gasteiger partial charge in [0, 0.05) is 37.4 Å². The first-order valence-corrected chi connectivity index (χ1v) is 7.60. The lowest BCUT2D eigenvalue weighted by Gasteiger charge is -2.22. The van der Waals surface area contributed by atoms with Gasteiger partial charge < -0.3 is 15.3 Å². The van der Waals surface area contributed by atoms with E-state index in [0.717, 1.165) is 19.5 Å². The number of ketones is 1. The van der Waals surface area contributed by atoms with E-state index in [1.807, 2.05) is 0 Å². The van der Waals surface area contributed by atoms with Gasteiger partial charge >= 0.3 is 6.03 Å². The lowest BCUT2D eigenvalue weighted by molar-refractivity contribution is 0.101. The van der Waals surface area contributed by atoms with Crippen LogP contribution in [0.25, 0.3) is 0 Å². The second-order valence-corrected chi connectivity index (χ2v) is 5.47. The molecule has 1 aromatic carbocycles. The Kier molecular flexibility index (Phi) is 5.91. The van der Waals surface area contributed by atoms with Crippen molar-refractivity contribution < 1.29 is 14.7 Å². The molecule has 0 atom stereocenters. The van der Waals surface area contributed by atoms with E-state index in [4.69, 9.17) is 5.11 Å². The summed E-state index contributed by atoms with van der Waals surface area (Å²) < 4.78 is 0. The number of urea groups is 1. The van der Waals surface area contributed by atoms with Crippen LogP contribution in [-0.2, 0) is 0 Å². The second kappa shape index (κ2) is 7.91. The van der Waals surface area contributed by atoms with Crippen LogP contribution in [0.1, 0.15) is 23.7 Å². The molecule has 0 aliphatic carbocycles. The number of aliphatic hydroxyl groups is 1. The number of β-amino-alcohol motifs (C(OH)–C–C–N with tert-alkyl or cyclic N) is 1. The first-order chi connectivity index (χ1) is 10.6. The Labute approximate surface area is 130 Å². The van der Waals surface area contributed by atoms with Crippen molar-refractivity contribution in [2.24, 2.45) is 0 Å². The van der Waals surface area contributed by atoms with Crippen LogP contribution in [0.2, 0.25) is 0 Å². The minimum atomic E-state index is -0.147. The van der Waals surface area contributed by atoms with E-state index in [2.05, 4.69) is 10.2 Å². The smallest absolute Gasteiger partial charge is 0.321 e. The Hall–Kier alpha value is -1.92. The zero-order chi connectivity index (χ0) is 15.9. The zero-order valence-corrected chi connectivity index (χ0v) is 12.9. The number of benzene rings is 1. The number of amides is 2. The minimum Gasteiger partial charge on any atom is -0.395 e. The molecular weight excluding hydrogens is 282 g/mol. The molecule has 2 amide bonds. The third-order valence-corrected chi connectivity index (χ3v) is 3.81. The van der Waals surface area contributed by atoms with Gasteiger partial charge in [0.2, 0.25) is 0 Å². The number of nitrogens with one attached hydrogen (secondary N) is 1. The monoisotopic (exact) mass is 305 g/mol. The van der Waals surface area contributed by atoms with Gasteiger partial charge in [0.15, 0.2) is 5.78 Å². The highest BCUT2D eigenvalue weighted by molar-refractivity contribution is 5.96. The number of hydrogen-bond donors (Lipinski definition) is 2. The highest BCUT2D eigenvalue weighted by Crippen LogP contribution is 2.13. The number of hydrogen-bond acceptors (Lipinski definition) is 4. The van der Waals surface area contributed by atoms with Crippen molar-refractivity contribution in [3.8, 4) is 0 Å². The number of aliphatic hydroxyl groups excluding tert-OH is 1. The molecular formula is C16H23N3O3. The standard InChI is InChI=1S/C16H23N3O3/c1-13(21)14-4-2-5-15(12-14)17-16(22)19-7-3-6-18(8-9-19)10-11-20/h2,4-5,12,20H,3,6-11H2,1H3,(H,17,22). The highest BCUT2D eigenvalue weighted by atomic mass is 16.3. The molecule has 6 heteroatoms. The number of Topliss-reactive ketones (excluding diaryl/α,β-unsaturated/α-hetero) is 1. The van der Waals surface area contributed by atoms with Gasteiger partial charge in [-0.05, 0) is 32.0 Å². The van der Waals surface area contributed by atoms with Crippen LogP contribution in [0.4, 0.5) is 10.5 Å². The van der Waals surface area contributed by atoms with Crippen molar-refractivity contribution in [2.75, 3.05) is 44.6 Å². The quantitative estimate of drug-likeness (QED) is 0.825. The average molecular weight is 305 g/mol. The molecule has 0 radical (unpaired) electrons. The second-order valence-electron chi connectivity index (χ2n) is 5.47. The number of anilines is 1. The van der Waals surface area contributed by atoms with Gasteiger partial charge in [0.25, 0.3) is 0 Å². The van der Waals surface area contributed by atoms with E-state index >= 15 is 0 Å². The summed E-state index contributed by atoms with van der Waals surface area (Å²) in [5.74, 6) is -0.0227. The van der Waals surface area contributed by atoms with Crippen LogP contribution in [0.15, 0.2) is 24.3 Å². The fourth-order valence-electron chi connectivity index (χ4n) is 2.56. The molecule has 1 aliphatic rings. The van der Waals surface area contributed by atoms with Crippen LogP contribution >= 0.6 is 0 Å². The summed E-state index contributed by atoms with van der Waals surface area (Å²) in [5, 5.41) is 11.8. The van der Waals surface area contributed by atoms with Gasteiger partial charge in [-0.3, -0.25) is 9.69 Å². The molecule has 1 aliphatic heterocycles. The molecule has 1 heterocycles. The van der Waals surface area contributed by atoms with Gasteiger partial charge in [-0.2, -0.15) is 0 Å². The molecule has 2 rings (SSSR count).